The van der Waals surface area contributed by atoms with Crippen molar-refractivity contribution >= 4 is 10.8 Å². The first kappa shape index (κ1) is 9.07. The van der Waals surface area contributed by atoms with Gasteiger partial charge >= 0.3 is 0 Å². The SMILES string of the molecule is Cc1cc2cc(C)c(O)cc2cc1C. The second-order valence-electron chi connectivity index (χ2n) is 3.92. The van der Waals surface area contributed by atoms with Crippen LogP contribution in [0, 0.1) is 20.8 Å². The number of hydrogen-bond acceptors (Lipinski definition) is 1. The minimum Gasteiger partial charge on any atom is -0.508 e. The third-order valence-electron chi connectivity index (χ3n) is 2.77. The highest BCUT2D eigenvalue weighted by atomic mass is 16.3. The lowest BCUT2D eigenvalue weighted by molar-refractivity contribution is 0.472. The van der Waals surface area contributed by atoms with E-state index in [4.69, 9.17) is 0 Å². The summed E-state index contributed by atoms with van der Waals surface area (Å²) in [6.45, 7) is 6.12. The quantitative estimate of drug-likeness (QED) is 0.668. The van der Waals surface area contributed by atoms with E-state index in [0.29, 0.717) is 5.75 Å². The smallest absolute Gasteiger partial charge is 0.119 e. The Hall–Kier alpha value is -1.50. The molecule has 0 unspecified atom stereocenters. The van der Waals surface area contributed by atoms with Crippen LogP contribution in [0.15, 0.2) is 24.3 Å². The van der Waals surface area contributed by atoms with Crippen molar-refractivity contribution in [3.8, 4) is 5.75 Å². The molecule has 14 heavy (non-hydrogen) atoms. The third-order valence-corrected chi connectivity index (χ3v) is 2.77. The molecule has 0 saturated carbocycles. The van der Waals surface area contributed by atoms with Gasteiger partial charge in [0.1, 0.15) is 5.75 Å². The predicted molar refractivity (Wildman–Crippen MR) is 59.8 cm³/mol. The number of hydrogen-bond donors (Lipinski definition) is 1. The van der Waals surface area contributed by atoms with E-state index in [1.807, 2.05) is 19.1 Å². The molecular formula is C13H14O. The Bertz CT molecular complexity index is 409. The van der Waals surface area contributed by atoms with E-state index < -0.39 is 0 Å². The Balaban J connectivity index is 2.83. The first-order valence-corrected chi connectivity index (χ1v) is 4.78. The van der Waals surface area contributed by atoms with Crippen LogP contribution in [0.4, 0.5) is 0 Å². The number of fused-ring (bicyclic) bond motifs is 1. The van der Waals surface area contributed by atoms with Crippen LogP contribution in [-0.4, -0.2) is 5.11 Å². The minimum atomic E-state index is 0.376. The monoisotopic (exact) mass is 186 g/mol. The van der Waals surface area contributed by atoms with E-state index in [1.54, 1.807) is 0 Å². The van der Waals surface area contributed by atoms with Crippen LogP contribution in [-0.2, 0) is 0 Å². The first-order valence-electron chi connectivity index (χ1n) is 4.78. The number of aromatic hydroxyl groups is 1. The molecule has 0 fully saturated rings. The lowest BCUT2D eigenvalue weighted by Gasteiger charge is -2.06. The predicted octanol–water partition coefficient (Wildman–Crippen LogP) is 3.47. The van der Waals surface area contributed by atoms with Gasteiger partial charge in [0.15, 0.2) is 0 Å². The summed E-state index contributed by atoms with van der Waals surface area (Å²) >= 11 is 0. The summed E-state index contributed by atoms with van der Waals surface area (Å²) in [4.78, 5) is 0. The zero-order chi connectivity index (χ0) is 10.3. The van der Waals surface area contributed by atoms with Crippen LogP contribution >= 0.6 is 0 Å². The van der Waals surface area contributed by atoms with Gasteiger partial charge in [-0.15, -0.1) is 0 Å². The van der Waals surface area contributed by atoms with Gasteiger partial charge in [-0.05, 0) is 60.4 Å². The summed E-state index contributed by atoms with van der Waals surface area (Å²) in [5, 5.41) is 11.9. The fraction of sp³-hybridized carbons (Fsp3) is 0.231. The molecule has 1 N–H and O–H groups in total. The molecule has 0 heterocycles. The van der Waals surface area contributed by atoms with Crippen LogP contribution in [0.2, 0.25) is 0 Å². The van der Waals surface area contributed by atoms with Gasteiger partial charge < -0.3 is 5.11 Å². The van der Waals surface area contributed by atoms with Crippen LogP contribution in [0.25, 0.3) is 10.8 Å². The van der Waals surface area contributed by atoms with Crippen molar-refractivity contribution in [1.29, 1.82) is 0 Å². The molecule has 0 bridgehead atoms. The molecule has 0 aliphatic carbocycles. The molecule has 1 nitrogen and oxygen atoms in total. The molecular weight excluding hydrogens is 172 g/mol. The molecule has 2 rings (SSSR count). The molecule has 72 valence electrons. The maximum atomic E-state index is 9.58. The summed E-state index contributed by atoms with van der Waals surface area (Å²) in [7, 11) is 0. The van der Waals surface area contributed by atoms with Crippen molar-refractivity contribution < 1.29 is 5.11 Å². The van der Waals surface area contributed by atoms with Crippen molar-refractivity contribution in [3.63, 3.8) is 0 Å². The van der Waals surface area contributed by atoms with Crippen LogP contribution < -0.4 is 0 Å². The molecule has 2 aromatic carbocycles. The van der Waals surface area contributed by atoms with Crippen LogP contribution in [0.3, 0.4) is 0 Å². The Morgan fingerprint density at radius 2 is 1.14 bits per heavy atom. The van der Waals surface area contributed by atoms with Crippen LogP contribution in [0.1, 0.15) is 16.7 Å². The number of phenols is 1. The van der Waals surface area contributed by atoms with Gasteiger partial charge in [0, 0.05) is 0 Å². The normalized spacial score (nSPS) is 10.8. The van der Waals surface area contributed by atoms with E-state index in [0.717, 1.165) is 10.9 Å². The Labute approximate surface area is 84.0 Å². The van der Waals surface area contributed by atoms with Gasteiger partial charge in [0.25, 0.3) is 0 Å². The van der Waals surface area contributed by atoms with Gasteiger partial charge in [0.05, 0.1) is 0 Å². The molecule has 2 aromatic rings. The molecule has 0 spiro atoms. The average molecular weight is 186 g/mol. The largest absolute Gasteiger partial charge is 0.508 e. The summed E-state index contributed by atoms with van der Waals surface area (Å²) < 4.78 is 0. The second kappa shape index (κ2) is 3.02. The molecule has 1 heteroatoms. The molecule has 0 saturated heterocycles. The lowest BCUT2D eigenvalue weighted by Crippen LogP contribution is -1.83. The molecule has 0 amide bonds. The van der Waals surface area contributed by atoms with Gasteiger partial charge in [-0.3, -0.25) is 0 Å². The first-order chi connectivity index (χ1) is 6.58. The number of phenolic OH excluding ortho intramolecular Hbond substituents is 1. The van der Waals surface area contributed by atoms with Gasteiger partial charge in [-0.25, -0.2) is 0 Å². The number of rotatable bonds is 0. The fourth-order valence-electron chi connectivity index (χ4n) is 1.68. The zero-order valence-corrected chi connectivity index (χ0v) is 8.76. The minimum absolute atomic E-state index is 0.376. The molecule has 0 radical (unpaired) electrons. The topological polar surface area (TPSA) is 20.2 Å². The van der Waals surface area contributed by atoms with E-state index >= 15 is 0 Å². The highest BCUT2D eigenvalue weighted by molar-refractivity contribution is 5.86. The van der Waals surface area contributed by atoms with E-state index in [1.165, 1.54) is 16.5 Å². The van der Waals surface area contributed by atoms with Gasteiger partial charge in [-0.1, -0.05) is 12.1 Å². The summed E-state index contributed by atoms with van der Waals surface area (Å²) in [5.74, 6) is 0.376. The van der Waals surface area contributed by atoms with Crippen LogP contribution in [0.5, 0.6) is 5.75 Å². The van der Waals surface area contributed by atoms with E-state index in [9.17, 15) is 5.11 Å². The van der Waals surface area contributed by atoms with Crippen molar-refractivity contribution in [3.05, 3.63) is 41.0 Å². The zero-order valence-electron chi connectivity index (χ0n) is 8.76. The standard InChI is InChI=1S/C13H14O/c1-8-4-11-6-10(3)13(14)7-12(11)5-9(8)2/h4-7,14H,1-3H3. The third kappa shape index (κ3) is 1.35. The summed E-state index contributed by atoms with van der Waals surface area (Å²) in [5.41, 5.74) is 3.49. The fourth-order valence-corrected chi connectivity index (χ4v) is 1.68. The summed E-state index contributed by atoms with van der Waals surface area (Å²) in [6.07, 6.45) is 0. The Morgan fingerprint density at radius 3 is 1.71 bits per heavy atom. The maximum absolute atomic E-state index is 9.58. The van der Waals surface area contributed by atoms with Crippen molar-refractivity contribution in [1.82, 2.24) is 0 Å². The number of benzene rings is 2. The second-order valence-corrected chi connectivity index (χ2v) is 3.92. The Kier molecular flexibility index (Phi) is 1.95. The van der Waals surface area contributed by atoms with Gasteiger partial charge in [-0.2, -0.15) is 0 Å². The maximum Gasteiger partial charge on any atom is 0.119 e. The van der Waals surface area contributed by atoms with E-state index in [-0.39, 0.29) is 0 Å². The molecule has 0 aliphatic rings. The molecule has 0 aliphatic heterocycles. The highest BCUT2D eigenvalue weighted by Crippen LogP contribution is 2.26. The van der Waals surface area contributed by atoms with Gasteiger partial charge in [0.2, 0.25) is 0 Å². The number of aryl methyl sites for hydroxylation is 3. The molecule has 0 atom stereocenters. The highest BCUT2D eigenvalue weighted by Gasteiger charge is 2.01. The van der Waals surface area contributed by atoms with Crippen molar-refractivity contribution in [2.45, 2.75) is 20.8 Å². The van der Waals surface area contributed by atoms with Crippen molar-refractivity contribution in [2.24, 2.45) is 0 Å². The van der Waals surface area contributed by atoms with Crippen molar-refractivity contribution in [2.75, 3.05) is 0 Å². The molecule has 0 aromatic heterocycles. The Morgan fingerprint density at radius 1 is 0.714 bits per heavy atom. The summed E-state index contributed by atoms with van der Waals surface area (Å²) in [6, 6.07) is 8.13. The lowest BCUT2D eigenvalue weighted by atomic mass is 10.0. The van der Waals surface area contributed by atoms with E-state index in [2.05, 4.69) is 26.0 Å². The average Bonchev–Trinajstić information content (AvgIpc) is 2.11.